The van der Waals surface area contributed by atoms with Gasteiger partial charge in [-0.25, -0.2) is 4.98 Å². The van der Waals surface area contributed by atoms with Gasteiger partial charge in [0.2, 0.25) is 0 Å². The first-order chi connectivity index (χ1) is 11.5. The van der Waals surface area contributed by atoms with E-state index in [-0.39, 0.29) is 11.9 Å². The summed E-state index contributed by atoms with van der Waals surface area (Å²) in [6.45, 7) is 5.96. The molecule has 1 aromatic carbocycles. The first kappa shape index (κ1) is 16.0. The van der Waals surface area contributed by atoms with Crippen LogP contribution in [0.5, 0.6) is 0 Å². The molecule has 0 saturated heterocycles. The fourth-order valence-electron chi connectivity index (χ4n) is 2.99. The van der Waals surface area contributed by atoms with E-state index < -0.39 is 0 Å². The lowest BCUT2D eigenvalue weighted by Gasteiger charge is -2.15. The van der Waals surface area contributed by atoms with Crippen molar-refractivity contribution in [2.75, 3.05) is 0 Å². The molecule has 0 aliphatic heterocycles. The number of aryl methyl sites for hydroxylation is 2. The van der Waals surface area contributed by atoms with E-state index in [1.54, 1.807) is 12.5 Å². The maximum Gasteiger partial charge on any atom is 0.251 e. The van der Waals surface area contributed by atoms with Crippen molar-refractivity contribution in [2.24, 2.45) is 7.05 Å². The predicted molar refractivity (Wildman–Crippen MR) is 92.1 cm³/mol. The summed E-state index contributed by atoms with van der Waals surface area (Å²) in [6.07, 6.45) is 5.27. The van der Waals surface area contributed by atoms with Crippen LogP contribution in [0.15, 0.2) is 43.0 Å². The van der Waals surface area contributed by atoms with Gasteiger partial charge in [0.1, 0.15) is 0 Å². The van der Waals surface area contributed by atoms with Crippen molar-refractivity contribution in [2.45, 2.75) is 26.8 Å². The Balaban J connectivity index is 1.81. The van der Waals surface area contributed by atoms with E-state index in [4.69, 9.17) is 0 Å². The van der Waals surface area contributed by atoms with E-state index >= 15 is 0 Å². The van der Waals surface area contributed by atoms with E-state index in [0.717, 1.165) is 22.6 Å². The lowest BCUT2D eigenvalue weighted by molar-refractivity contribution is 0.0939. The van der Waals surface area contributed by atoms with E-state index in [1.807, 2.05) is 67.5 Å². The SMILES string of the molecule is Cc1nn(C)c(C)c1C(C)NC(=O)c1cccc(-n2ccnc2)c1. The molecular formula is C18H21N5O. The van der Waals surface area contributed by atoms with Crippen LogP contribution in [-0.4, -0.2) is 25.2 Å². The van der Waals surface area contributed by atoms with E-state index in [0.29, 0.717) is 5.56 Å². The number of carbonyl (C=O) groups is 1. The Labute approximate surface area is 141 Å². The Morgan fingerprint density at radius 2 is 2.08 bits per heavy atom. The van der Waals surface area contributed by atoms with Crippen LogP contribution < -0.4 is 5.32 Å². The molecule has 0 saturated carbocycles. The third-order valence-corrected chi connectivity index (χ3v) is 4.26. The quantitative estimate of drug-likeness (QED) is 0.803. The zero-order chi connectivity index (χ0) is 17.3. The highest BCUT2D eigenvalue weighted by Crippen LogP contribution is 2.21. The molecule has 1 N–H and O–H groups in total. The Morgan fingerprint density at radius 1 is 1.29 bits per heavy atom. The number of imidazole rings is 1. The molecule has 6 heteroatoms. The molecule has 124 valence electrons. The zero-order valence-electron chi connectivity index (χ0n) is 14.3. The van der Waals surface area contributed by atoms with Gasteiger partial charge in [-0.2, -0.15) is 5.10 Å². The maximum atomic E-state index is 12.6. The minimum atomic E-state index is -0.108. The summed E-state index contributed by atoms with van der Waals surface area (Å²) in [5, 5.41) is 7.48. The largest absolute Gasteiger partial charge is 0.345 e. The normalized spacial score (nSPS) is 12.2. The highest BCUT2D eigenvalue weighted by molar-refractivity contribution is 5.95. The number of hydrogen-bond acceptors (Lipinski definition) is 3. The average Bonchev–Trinajstić information content (AvgIpc) is 3.16. The number of benzene rings is 1. The Bertz CT molecular complexity index is 864. The van der Waals surface area contributed by atoms with Gasteiger partial charge in [0.15, 0.2) is 0 Å². The minimum absolute atomic E-state index is 0.105. The standard InChI is InChI=1S/C18H21N5O/c1-12(17-13(2)21-22(4)14(17)3)20-18(24)15-6-5-7-16(10-15)23-9-8-19-11-23/h5-12H,1-4H3,(H,20,24). The Kier molecular flexibility index (Phi) is 4.20. The van der Waals surface area contributed by atoms with Crippen molar-refractivity contribution in [1.82, 2.24) is 24.6 Å². The van der Waals surface area contributed by atoms with Crippen LogP contribution >= 0.6 is 0 Å². The first-order valence-electron chi connectivity index (χ1n) is 7.86. The number of nitrogens with one attached hydrogen (secondary N) is 1. The molecule has 0 bridgehead atoms. The van der Waals surface area contributed by atoms with Crippen LogP contribution in [0.1, 0.15) is 40.3 Å². The number of carbonyl (C=O) groups excluding carboxylic acids is 1. The summed E-state index contributed by atoms with van der Waals surface area (Å²) in [6, 6.07) is 7.37. The Hall–Kier alpha value is -2.89. The van der Waals surface area contributed by atoms with Gasteiger partial charge in [0.25, 0.3) is 5.91 Å². The molecule has 2 heterocycles. The van der Waals surface area contributed by atoms with Crippen molar-refractivity contribution in [3.8, 4) is 5.69 Å². The van der Waals surface area contributed by atoms with Gasteiger partial charge in [-0.3, -0.25) is 9.48 Å². The van der Waals surface area contributed by atoms with Crippen molar-refractivity contribution in [3.05, 3.63) is 65.5 Å². The van der Waals surface area contributed by atoms with Crippen molar-refractivity contribution < 1.29 is 4.79 Å². The number of nitrogens with zero attached hydrogens (tertiary/aromatic N) is 4. The molecule has 0 aliphatic carbocycles. The maximum absolute atomic E-state index is 12.6. The van der Waals surface area contributed by atoms with Crippen molar-refractivity contribution >= 4 is 5.91 Å². The third kappa shape index (κ3) is 2.95. The second-order valence-electron chi connectivity index (χ2n) is 5.92. The predicted octanol–water partition coefficient (Wildman–Crippen LogP) is 2.71. The average molecular weight is 323 g/mol. The Morgan fingerprint density at radius 3 is 2.71 bits per heavy atom. The molecule has 1 unspecified atom stereocenters. The first-order valence-corrected chi connectivity index (χ1v) is 7.86. The summed E-state index contributed by atoms with van der Waals surface area (Å²) in [4.78, 5) is 16.7. The van der Waals surface area contributed by atoms with Crippen molar-refractivity contribution in [3.63, 3.8) is 0 Å². The number of hydrogen-bond donors (Lipinski definition) is 1. The third-order valence-electron chi connectivity index (χ3n) is 4.26. The van der Waals surface area contributed by atoms with Crippen LogP contribution in [0.2, 0.25) is 0 Å². The number of rotatable bonds is 4. The molecule has 1 amide bonds. The second-order valence-corrected chi connectivity index (χ2v) is 5.92. The van der Waals surface area contributed by atoms with Crippen LogP contribution in [0.3, 0.4) is 0 Å². The molecular weight excluding hydrogens is 302 g/mol. The minimum Gasteiger partial charge on any atom is -0.345 e. The lowest BCUT2D eigenvalue weighted by atomic mass is 10.1. The molecule has 3 rings (SSSR count). The highest BCUT2D eigenvalue weighted by atomic mass is 16.1. The summed E-state index contributed by atoms with van der Waals surface area (Å²) in [5.74, 6) is -0.105. The van der Waals surface area contributed by atoms with E-state index in [9.17, 15) is 4.79 Å². The van der Waals surface area contributed by atoms with Gasteiger partial charge < -0.3 is 9.88 Å². The fourth-order valence-corrected chi connectivity index (χ4v) is 2.99. The molecule has 24 heavy (non-hydrogen) atoms. The topological polar surface area (TPSA) is 64.7 Å². The van der Waals surface area contributed by atoms with Crippen LogP contribution in [0, 0.1) is 13.8 Å². The van der Waals surface area contributed by atoms with Gasteiger partial charge in [0, 0.05) is 41.9 Å². The van der Waals surface area contributed by atoms with Crippen LogP contribution in [0.25, 0.3) is 5.69 Å². The summed E-state index contributed by atoms with van der Waals surface area (Å²) in [7, 11) is 1.91. The summed E-state index contributed by atoms with van der Waals surface area (Å²) < 4.78 is 3.71. The van der Waals surface area contributed by atoms with Gasteiger partial charge in [-0.15, -0.1) is 0 Å². The number of aromatic nitrogens is 4. The fraction of sp³-hybridized carbons (Fsp3) is 0.278. The van der Waals surface area contributed by atoms with Crippen LogP contribution in [-0.2, 0) is 7.05 Å². The van der Waals surface area contributed by atoms with Gasteiger partial charge in [0.05, 0.1) is 18.1 Å². The number of amides is 1. The van der Waals surface area contributed by atoms with Gasteiger partial charge in [-0.05, 0) is 39.0 Å². The van der Waals surface area contributed by atoms with Crippen LogP contribution in [0.4, 0.5) is 0 Å². The molecule has 0 fully saturated rings. The van der Waals surface area contributed by atoms with Gasteiger partial charge in [-0.1, -0.05) is 6.07 Å². The van der Waals surface area contributed by atoms with E-state index in [2.05, 4.69) is 15.4 Å². The summed E-state index contributed by atoms with van der Waals surface area (Å²) in [5.41, 5.74) is 4.59. The zero-order valence-corrected chi connectivity index (χ0v) is 14.3. The molecule has 0 aliphatic rings. The van der Waals surface area contributed by atoms with E-state index in [1.165, 1.54) is 0 Å². The molecule has 2 aromatic heterocycles. The van der Waals surface area contributed by atoms with Crippen molar-refractivity contribution in [1.29, 1.82) is 0 Å². The smallest absolute Gasteiger partial charge is 0.251 e. The monoisotopic (exact) mass is 323 g/mol. The molecule has 0 spiro atoms. The lowest BCUT2D eigenvalue weighted by Crippen LogP contribution is -2.27. The molecule has 6 nitrogen and oxygen atoms in total. The molecule has 0 radical (unpaired) electrons. The second kappa shape index (κ2) is 6.31. The molecule has 1 atom stereocenters. The summed E-state index contributed by atoms with van der Waals surface area (Å²) >= 11 is 0. The highest BCUT2D eigenvalue weighted by Gasteiger charge is 2.19. The molecule has 3 aromatic rings. The van der Waals surface area contributed by atoms with Gasteiger partial charge >= 0.3 is 0 Å².